The zero-order valence-corrected chi connectivity index (χ0v) is 8.88. The summed E-state index contributed by atoms with van der Waals surface area (Å²) < 4.78 is 13.0. The van der Waals surface area contributed by atoms with Crippen molar-refractivity contribution in [3.05, 3.63) is 28.0 Å². The molecule has 0 heterocycles. The van der Waals surface area contributed by atoms with Crippen molar-refractivity contribution < 1.29 is 4.39 Å². The van der Waals surface area contributed by atoms with Gasteiger partial charge in [0.25, 0.3) is 0 Å². The van der Waals surface area contributed by atoms with Gasteiger partial charge in [-0.05, 0) is 26.0 Å². The van der Waals surface area contributed by atoms with Gasteiger partial charge in [-0.15, -0.1) is 0 Å². The average Bonchev–Trinajstić information content (AvgIpc) is 1.98. The van der Waals surface area contributed by atoms with Crippen LogP contribution in [-0.4, -0.2) is 6.04 Å². The van der Waals surface area contributed by atoms with E-state index in [0.717, 1.165) is 5.69 Å². The van der Waals surface area contributed by atoms with E-state index in [1.807, 2.05) is 13.8 Å². The van der Waals surface area contributed by atoms with E-state index in [1.54, 1.807) is 0 Å². The number of anilines is 1. The van der Waals surface area contributed by atoms with Crippen molar-refractivity contribution in [3.63, 3.8) is 0 Å². The Kier molecular flexibility index (Phi) is 3.40. The van der Waals surface area contributed by atoms with Crippen molar-refractivity contribution in [1.29, 1.82) is 0 Å². The van der Waals surface area contributed by atoms with Crippen LogP contribution in [0.4, 0.5) is 10.1 Å². The number of hydrogen-bond donors (Lipinski definition) is 1. The molecule has 1 rings (SSSR count). The average molecular weight is 222 g/mol. The molecule has 0 aliphatic carbocycles. The van der Waals surface area contributed by atoms with E-state index in [1.165, 1.54) is 12.1 Å². The van der Waals surface area contributed by atoms with Crippen molar-refractivity contribution in [2.45, 2.75) is 19.9 Å². The first-order chi connectivity index (χ1) is 6.00. The third kappa shape index (κ3) is 2.75. The fourth-order valence-electron chi connectivity index (χ4n) is 0.972. The molecular weight excluding hydrogens is 212 g/mol. The second kappa shape index (κ2) is 4.16. The molecule has 0 aliphatic rings. The van der Waals surface area contributed by atoms with Gasteiger partial charge in [0.2, 0.25) is 0 Å². The molecule has 0 bridgehead atoms. The Hall–Kier alpha value is -0.470. The van der Waals surface area contributed by atoms with Crippen LogP contribution in [0.25, 0.3) is 0 Å². The molecule has 0 atom stereocenters. The standard InChI is InChI=1S/C9H10Cl2FN/c1-5(2)13-6-3-7(10)9(12)8(11)4-6/h3-5,13H,1-2H3. The van der Waals surface area contributed by atoms with Crippen LogP contribution in [0.1, 0.15) is 13.8 Å². The highest BCUT2D eigenvalue weighted by Gasteiger charge is 2.07. The molecule has 0 unspecified atom stereocenters. The molecule has 0 aliphatic heterocycles. The molecule has 0 saturated heterocycles. The van der Waals surface area contributed by atoms with Crippen molar-refractivity contribution in [1.82, 2.24) is 0 Å². The van der Waals surface area contributed by atoms with E-state index >= 15 is 0 Å². The fraction of sp³-hybridized carbons (Fsp3) is 0.333. The van der Waals surface area contributed by atoms with Gasteiger partial charge in [0.1, 0.15) is 0 Å². The van der Waals surface area contributed by atoms with E-state index in [-0.39, 0.29) is 16.1 Å². The predicted octanol–water partition coefficient (Wildman–Crippen LogP) is 3.95. The summed E-state index contributed by atoms with van der Waals surface area (Å²) in [5, 5.41) is 3.15. The molecule has 0 spiro atoms. The molecule has 0 saturated carbocycles. The van der Waals surface area contributed by atoms with Gasteiger partial charge in [-0.3, -0.25) is 0 Å². The van der Waals surface area contributed by atoms with Crippen molar-refractivity contribution in [2.24, 2.45) is 0 Å². The van der Waals surface area contributed by atoms with Crippen molar-refractivity contribution >= 4 is 28.9 Å². The third-order valence-corrected chi connectivity index (χ3v) is 1.99. The molecule has 0 amide bonds. The summed E-state index contributed by atoms with van der Waals surface area (Å²) in [6.07, 6.45) is 0. The van der Waals surface area contributed by atoms with Crippen LogP contribution >= 0.6 is 23.2 Å². The number of halogens is 3. The maximum absolute atomic E-state index is 13.0. The Morgan fingerprint density at radius 3 is 2.08 bits per heavy atom. The first-order valence-corrected chi connectivity index (χ1v) is 4.67. The third-order valence-electron chi connectivity index (χ3n) is 1.44. The Bertz CT molecular complexity index is 289. The normalized spacial score (nSPS) is 10.6. The molecule has 1 aromatic carbocycles. The van der Waals surface area contributed by atoms with Crippen LogP contribution in [0.2, 0.25) is 10.0 Å². The number of nitrogens with one attached hydrogen (secondary N) is 1. The highest BCUT2D eigenvalue weighted by atomic mass is 35.5. The Morgan fingerprint density at radius 1 is 1.23 bits per heavy atom. The van der Waals surface area contributed by atoms with E-state index in [0.29, 0.717) is 0 Å². The van der Waals surface area contributed by atoms with E-state index in [2.05, 4.69) is 5.32 Å². The second-order valence-electron chi connectivity index (χ2n) is 3.05. The fourth-order valence-corrected chi connectivity index (χ4v) is 1.46. The smallest absolute Gasteiger partial charge is 0.160 e. The summed E-state index contributed by atoms with van der Waals surface area (Å²) in [6.45, 7) is 3.95. The molecule has 0 fully saturated rings. The van der Waals surface area contributed by atoms with Crippen molar-refractivity contribution in [3.8, 4) is 0 Å². The lowest BCUT2D eigenvalue weighted by atomic mass is 10.3. The highest BCUT2D eigenvalue weighted by molar-refractivity contribution is 6.35. The second-order valence-corrected chi connectivity index (χ2v) is 3.87. The van der Waals surface area contributed by atoms with Crippen LogP contribution in [0.3, 0.4) is 0 Å². The van der Waals surface area contributed by atoms with Gasteiger partial charge >= 0.3 is 0 Å². The van der Waals surface area contributed by atoms with Crippen LogP contribution in [0.5, 0.6) is 0 Å². The monoisotopic (exact) mass is 221 g/mol. The van der Waals surface area contributed by atoms with Crippen molar-refractivity contribution in [2.75, 3.05) is 5.32 Å². The van der Waals surface area contributed by atoms with Gasteiger partial charge in [-0.25, -0.2) is 4.39 Å². The van der Waals surface area contributed by atoms with E-state index in [4.69, 9.17) is 23.2 Å². The quantitative estimate of drug-likeness (QED) is 0.747. The zero-order chi connectivity index (χ0) is 10.0. The summed E-state index contributed by atoms with van der Waals surface area (Å²) in [5.74, 6) is -0.572. The van der Waals surface area contributed by atoms with E-state index < -0.39 is 5.82 Å². The first-order valence-electron chi connectivity index (χ1n) is 3.92. The van der Waals surface area contributed by atoms with Gasteiger partial charge < -0.3 is 5.32 Å². The molecule has 13 heavy (non-hydrogen) atoms. The van der Waals surface area contributed by atoms with Gasteiger partial charge in [-0.2, -0.15) is 0 Å². The Labute approximate surface area is 86.8 Å². The van der Waals surface area contributed by atoms with Crippen LogP contribution in [0.15, 0.2) is 12.1 Å². The molecule has 72 valence electrons. The maximum atomic E-state index is 13.0. The largest absolute Gasteiger partial charge is 0.383 e. The first kappa shape index (κ1) is 10.6. The lowest BCUT2D eigenvalue weighted by Gasteiger charge is -2.10. The summed E-state index contributed by atoms with van der Waals surface area (Å²) in [7, 11) is 0. The minimum atomic E-state index is -0.572. The summed E-state index contributed by atoms with van der Waals surface area (Å²) in [5.41, 5.74) is 0.728. The summed E-state index contributed by atoms with van der Waals surface area (Å²) in [6, 6.07) is 3.29. The zero-order valence-electron chi connectivity index (χ0n) is 7.37. The lowest BCUT2D eigenvalue weighted by Crippen LogP contribution is -2.09. The molecule has 0 radical (unpaired) electrons. The van der Waals surface area contributed by atoms with Crippen LogP contribution in [0, 0.1) is 5.82 Å². The molecule has 1 N–H and O–H groups in total. The van der Waals surface area contributed by atoms with E-state index in [9.17, 15) is 4.39 Å². The highest BCUT2D eigenvalue weighted by Crippen LogP contribution is 2.27. The number of hydrogen-bond acceptors (Lipinski definition) is 1. The number of benzene rings is 1. The molecule has 0 aromatic heterocycles. The molecule has 4 heteroatoms. The van der Waals surface area contributed by atoms with Gasteiger partial charge in [0, 0.05) is 11.7 Å². The molecule has 1 nitrogen and oxygen atoms in total. The molecular formula is C9H10Cl2FN. The van der Waals surface area contributed by atoms with Gasteiger partial charge in [0.15, 0.2) is 5.82 Å². The summed E-state index contributed by atoms with van der Waals surface area (Å²) in [4.78, 5) is 0. The lowest BCUT2D eigenvalue weighted by molar-refractivity contribution is 0.628. The van der Waals surface area contributed by atoms with Crippen LogP contribution < -0.4 is 5.32 Å². The SMILES string of the molecule is CC(C)Nc1cc(Cl)c(F)c(Cl)c1. The Balaban J connectivity index is 2.99. The van der Waals surface area contributed by atoms with Crippen LogP contribution in [-0.2, 0) is 0 Å². The maximum Gasteiger partial charge on any atom is 0.160 e. The summed E-state index contributed by atoms with van der Waals surface area (Å²) >= 11 is 11.2. The minimum absolute atomic E-state index is 0.0376. The number of rotatable bonds is 2. The molecule has 1 aromatic rings. The Morgan fingerprint density at radius 2 is 1.69 bits per heavy atom. The topological polar surface area (TPSA) is 12.0 Å². The minimum Gasteiger partial charge on any atom is -0.383 e. The van der Waals surface area contributed by atoms with Gasteiger partial charge in [-0.1, -0.05) is 23.2 Å². The van der Waals surface area contributed by atoms with Gasteiger partial charge in [0.05, 0.1) is 10.0 Å². The predicted molar refractivity (Wildman–Crippen MR) is 55.2 cm³/mol.